The van der Waals surface area contributed by atoms with Crippen LogP contribution in [-0.4, -0.2) is 15.6 Å². The van der Waals surface area contributed by atoms with Crippen molar-refractivity contribution in [2.24, 2.45) is 0 Å². The van der Waals surface area contributed by atoms with Gasteiger partial charge in [0, 0.05) is 17.6 Å². The Morgan fingerprint density at radius 2 is 2.16 bits per heavy atom. The molecule has 1 atom stereocenters. The monoisotopic (exact) mass is 258 g/mol. The lowest BCUT2D eigenvalue weighted by molar-refractivity contribution is -0.116. The van der Waals surface area contributed by atoms with Crippen LogP contribution in [0.2, 0.25) is 0 Å². The van der Waals surface area contributed by atoms with Crippen molar-refractivity contribution in [3.05, 3.63) is 53.9 Å². The number of anilines is 1. The minimum Gasteiger partial charge on any atom is -0.387 e. The predicted molar refractivity (Wildman–Crippen MR) is 74.9 cm³/mol. The maximum Gasteiger partial charge on any atom is 0.244 e. The molecule has 1 heterocycles. The van der Waals surface area contributed by atoms with E-state index in [-0.39, 0.29) is 12.5 Å². The lowest BCUT2D eigenvalue weighted by atomic mass is 10.2. The number of amides is 1. The molecule has 2 rings (SSSR count). The molecule has 0 radical (unpaired) electrons. The molecule has 2 aromatic rings. The van der Waals surface area contributed by atoms with Crippen LogP contribution in [-0.2, 0) is 11.3 Å². The van der Waals surface area contributed by atoms with Gasteiger partial charge in [-0.2, -0.15) is 0 Å². The Bertz CT molecular complexity index is 573. The first-order valence-corrected chi connectivity index (χ1v) is 6.26. The molecule has 0 saturated carbocycles. The zero-order chi connectivity index (χ0) is 13.8. The fourth-order valence-electron chi connectivity index (χ4n) is 2.03. The van der Waals surface area contributed by atoms with Gasteiger partial charge in [-0.15, -0.1) is 0 Å². The number of rotatable bonds is 4. The van der Waals surface area contributed by atoms with Crippen LogP contribution in [0.3, 0.4) is 0 Å². The zero-order valence-electron chi connectivity index (χ0n) is 11.1. The quantitative estimate of drug-likeness (QED) is 0.885. The van der Waals surface area contributed by atoms with Crippen molar-refractivity contribution in [3.63, 3.8) is 0 Å². The van der Waals surface area contributed by atoms with E-state index in [4.69, 9.17) is 0 Å². The molecule has 0 aliphatic heterocycles. The Morgan fingerprint density at radius 1 is 1.37 bits per heavy atom. The Morgan fingerprint density at radius 3 is 2.84 bits per heavy atom. The molecule has 1 unspecified atom stereocenters. The van der Waals surface area contributed by atoms with Crippen molar-refractivity contribution in [1.82, 2.24) is 4.57 Å². The molecule has 0 bridgehead atoms. The van der Waals surface area contributed by atoms with Gasteiger partial charge in [0.15, 0.2) is 0 Å². The van der Waals surface area contributed by atoms with Crippen molar-refractivity contribution < 1.29 is 9.90 Å². The molecule has 0 fully saturated rings. The molecule has 1 aromatic carbocycles. The molecule has 2 N–H and O–H groups in total. The number of aryl methyl sites for hydroxylation is 1. The number of benzene rings is 1. The third kappa shape index (κ3) is 3.45. The number of nitrogens with zero attached hydrogens (tertiary/aromatic N) is 1. The van der Waals surface area contributed by atoms with Crippen LogP contribution >= 0.6 is 0 Å². The molecule has 0 saturated heterocycles. The number of aliphatic hydroxyl groups excluding tert-OH is 1. The van der Waals surface area contributed by atoms with Crippen molar-refractivity contribution in [1.29, 1.82) is 0 Å². The Kier molecular flexibility index (Phi) is 4.02. The van der Waals surface area contributed by atoms with Crippen molar-refractivity contribution in [3.8, 4) is 0 Å². The first-order valence-electron chi connectivity index (χ1n) is 6.26. The molecule has 0 aliphatic carbocycles. The fourth-order valence-corrected chi connectivity index (χ4v) is 2.03. The van der Waals surface area contributed by atoms with Gasteiger partial charge in [-0.1, -0.05) is 12.1 Å². The van der Waals surface area contributed by atoms with E-state index in [1.54, 1.807) is 17.7 Å². The van der Waals surface area contributed by atoms with E-state index in [0.29, 0.717) is 0 Å². The highest BCUT2D eigenvalue weighted by Crippen LogP contribution is 2.14. The third-order valence-corrected chi connectivity index (χ3v) is 2.91. The van der Waals surface area contributed by atoms with Crippen molar-refractivity contribution in [2.75, 3.05) is 5.32 Å². The van der Waals surface area contributed by atoms with E-state index >= 15 is 0 Å². The minimum absolute atomic E-state index is 0.108. The fraction of sp³-hybridized carbons (Fsp3) is 0.267. The summed E-state index contributed by atoms with van der Waals surface area (Å²) in [7, 11) is 0. The average Bonchev–Trinajstić information content (AvgIpc) is 2.76. The van der Waals surface area contributed by atoms with Gasteiger partial charge < -0.3 is 15.0 Å². The van der Waals surface area contributed by atoms with Crippen molar-refractivity contribution in [2.45, 2.75) is 26.5 Å². The Hall–Kier alpha value is -2.07. The molecule has 1 amide bonds. The number of hydrogen-bond donors (Lipinski definition) is 2. The van der Waals surface area contributed by atoms with Crippen LogP contribution in [0.25, 0.3) is 0 Å². The maximum absolute atomic E-state index is 12.0. The third-order valence-electron chi connectivity index (χ3n) is 2.91. The van der Waals surface area contributed by atoms with E-state index in [2.05, 4.69) is 5.32 Å². The summed E-state index contributed by atoms with van der Waals surface area (Å²) in [6.07, 6.45) is 1.21. The molecular formula is C15H18N2O2. The van der Waals surface area contributed by atoms with Crippen molar-refractivity contribution >= 4 is 11.6 Å². The largest absolute Gasteiger partial charge is 0.387 e. The van der Waals surface area contributed by atoms with Gasteiger partial charge in [0.1, 0.15) is 6.54 Å². The van der Waals surface area contributed by atoms with Crippen LogP contribution in [0.1, 0.15) is 24.3 Å². The molecule has 19 heavy (non-hydrogen) atoms. The molecular weight excluding hydrogens is 240 g/mol. The molecule has 1 aromatic heterocycles. The minimum atomic E-state index is -0.582. The summed E-state index contributed by atoms with van der Waals surface area (Å²) < 4.78 is 1.75. The highest BCUT2D eigenvalue weighted by molar-refractivity contribution is 5.90. The summed E-state index contributed by atoms with van der Waals surface area (Å²) in [6.45, 7) is 3.86. The molecule has 4 nitrogen and oxygen atoms in total. The molecule has 100 valence electrons. The van der Waals surface area contributed by atoms with Gasteiger partial charge in [0.25, 0.3) is 0 Å². The van der Waals surface area contributed by atoms with Crippen LogP contribution in [0.15, 0.2) is 42.6 Å². The zero-order valence-corrected chi connectivity index (χ0v) is 11.1. The van der Waals surface area contributed by atoms with Crippen LogP contribution in [0.5, 0.6) is 0 Å². The lowest BCUT2D eigenvalue weighted by Gasteiger charge is -2.11. The predicted octanol–water partition coefficient (Wildman–Crippen LogP) is 2.49. The Labute approximate surface area is 112 Å². The van der Waals surface area contributed by atoms with E-state index in [9.17, 15) is 9.90 Å². The standard InChI is InChI=1S/C15H18N2O2/c1-11-5-3-6-13(9-11)16-15(19)10-17-8-4-7-14(17)12(2)18/h3-9,12,18H,10H2,1-2H3,(H,16,19). The number of nitrogens with one attached hydrogen (secondary N) is 1. The number of aliphatic hydroxyl groups is 1. The van der Waals surface area contributed by atoms with Gasteiger partial charge in [-0.3, -0.25) is 4.79 Å². The summed E-state index contributed by atoms with van der Waals surface area (Å²) >= 11 is 0. The van der Waals surface area contributed by atoms with Crippen LogP contribution < -0.4 is 5.32 Å². The van der Waals surface area contributed by atoms with Gasteiger partial charge in [0.05, 0.1) is 6.10 Å². The molecule has 0 aliphatic rings. The second kappa shape index (κ2) is 5.71. The normalized spacial score (nSPS) is 12.2. The van der Waals surface area contributed by atoms with E-state index in [1.165, 1.54) is 0 Å². The highest BCUT2D eigenvalue weighted by Gasteiger charge is 2.10. The summed E-state index contributed by atoms with van der Waals surface area (Å²) in [5.74, 6) is -0.108. The average molecular weight is 258 g/mol. The van der Waals surface area contributed by atoms with Crippen LogP contribution in [0, 0.1) is 6.92 Å². The summed E-state index contributed by atoms with van der Waals surface area (Å²) in [5, 5.41) is 12.4. The van der Waals surface area contributed by atoms with Gasteiger partial charge in [-0.05, 0) is 43.7 Å². The Balaban J connectivity index is 2.03. The SMILES string of the molecule is Cc1cccc(NC(=O)Cn2cccc2C(C)O)c1. The smallest absolute Gasteiger partial charge is 0.244 e. The maximum atomic E-state index is 12.0. The van der Waals surface area contributed by atoms with Gasteiger partial charge in [-0.25, -0.2) is 0 Å². The lowest BCUT2D eigenvalue weighted by Crippen LogP contribution is -2.20. The van der Waals surface area contributed by atoms with Gasteiger partial charge in [0.2, 0.25) is 5.91 Å². The molecule has 0 spiro atoms. The van der Waals surface area contributed by atoms with E-state index in [1.807, 2.05) is 43.3 Å². The number of hydrogen-bond acceptors (Lipinski definition) is 2. The topological polar surface area (TPSA) is 54.3 Å². The summed E-state index contributed by atoms with van der Waals surface area (Å²) in [6, 6.07) is 11.3. The first kappa shape index (κ1) is 13.4. The number of aromatic nitrogens is 1. The second-order valence-corrected chi connectivity index (χ2v) is 4.65. The van der Waals surface area contributed by atoms with E-state index in [0.717, 1.165) is 16.9 Å². The van der Waals surface area contributed by atoms with Crippen LogP contribution in [0.4, 0.5) is 5.69 Å². The number of carbonyl (C=O) groups is 1. The summed E-state index contributed by atoms with van der Waals surface area (Å²) in [4.78, 5) is 12.0. The molecule has 4 heteroatoms. The summed E-state index contributed by atoms with van der Waals surface area (Å²) in [5.41, 5.74) is 2.62. The number of carbonyl (C=O) groups excluding carboxylic acids is 1. The van der Waals surface area contributed by atoms with Gasteiger partial charge >= 0.3 is 0 Å². The van der Waals surface area contributed by atoms with E-state index < -0.39 is 6.10 Å². The second-order valence-electron chi connectivity index (χ2n) is 4.65. The highest BCUT2D eigenvalue weighted by atomic mass is 16.3. The first-order chi connectivity index (χ1) is 9.06.